The van der Waals surface area contributed by atoms with E-state index >= 15 is 0 Å². The van der Waals surface area contributed by atoms with Gasteiger partial charge in [-0.25, -0.2) is 0 Å². The Kier molecular flexibility index (Phi) is 14.3. The maximum absolute atomic E-state index is 11.9. The largest absolute Gasteiger partial charge is 0.613 e. The summed E-state index contributed by atoms with van der Waals surface area (Å²) in [4.78, 5) is 15.7. The van der Waals surface area contributed by atoms with E-state index in [1.165, 1.54) is 13.8 Å². The lowest BCUT2D eigenvalue weighted by atomic mass is 10.1. The van der Waals surface area contributed by atoms with E-state index in [9.17, 15) is 9.36 Å². The molecule has 4 unspecified atom stereocenters. The maximum atomic E-state index is 11.9. The molecule has 1 aliphatic rings. The number of pyridine rings is 1. The molecule has 3 rings (SSSR count). The van der Waals surface area contributed by atoms with Crippen molar-refractivity contribution in [2.45, 2.75) is 77.6 Å². The molecule has 2 heterocycles. The second kappa shape index (κ2) is 16.3. The Balaban J connectivity index is 0.000000442. The number of esters is 1. The van der Waals surface area contributed by atoms with Crippen molar-refractivity contribution >= 4 is 14.1 Å². The van der Waals surface area contributed by atoms with Crippen molar-refractivity contribution < 1.29 is 38.7 Å². The molecular formula is C25H38N2O8P+. The van der Waals surface area contributed by atoms with E-state index in [0.29, 0.717) is 5.75 Å². The fourth-order valence-corrected chi connectivity index (χ4v) is 3.60. The summed E-state index contributed by atoms with van der Waals surface area (Å²) in [6.45, 7) is 7.92. The number of carbonyl (C=O) groups excluding carboxylic acids is 1. The zero-order valence-electron chi connectivity index (χ0n) is 21.4. The lowest BCUT2D eigenvalue weighted by molar-refractivity contribution is -0.149. The third-order valence-corrected chi connectivity index (χ3v) is 5.28. The summed E-state index contributed by atoms with van der Waals surface area (Å²) >= 11 is 0. The number of phenols is 1. The third-order valence-electron chi connectivity index (χ3n) is 4.30. The van der Waals surface area contributed by atoms with Crippen LogP contribution in [0.1, 0.15) is 59.1 Å². The molecule has 10 nitrogen and oxygen atoms in total. The van der Waals surface area contributed by atoms with Crippen LogP contribution in [0.25, 0.3) is 0 Å². The molecule has 1 aromatic carbocycles. The van der Waals surface area contributed by atoms with E-state index in [1.807, 2.05) is 18.2 Å². The number of hydrogen-bond acceptors (Lipinski definition) is 9. The summed E-state index contributed by atoms with van der Waals surface area (Å²) < 4.78 is 28.1. The summed E-state index contributed by atoms with van der Waals surface area (Å²) in [7, 11) is -2.16. The van der Waals surface area contributed by atoms with Gasteiger partial charge >= 0.3 is 14.1 Å². The first-order valence-electron chi connectivity index (χ1n) is 11.7. The molecule has 1 aromatic heterocycles. The first-order valence-corrected chi connectivity index (χ1v) is 12.8. The van der Waals surface area contributed by atoms with Gasteiger partial charge in [0.15, 0.2) is 5.79 Å². The minimum atomic E-state index is -2.16. The highest BCUT2D eigenvalue weighted by Crippen LogP contribution is 2.33. The Morgan fingerprint density at radius 2 is 1.81 bits per heavy atom. The van der Waals surface area contributed by atoms with Gasteiger partial charge in [-0.15, -0.1) is 4.52 Å². The fraction of sp³-hybridized carbons (Fsp3) is 0.520. The molecule has 0 aliphatic carbocycles. The van der Waals surface area contributed by atoms with Crippen LogP contribution < -0.4 is 5.09 Å². The monoisotopic (exact) mass is 525 g/mol. The minimum Gasteiger partial charge on any atom is -0.508 e. The standard InChI is InChI=1S/C16H24N2O5P.C6H6O.C3H8O2/c1-11(2)22-16(19)12(3)18-24(20)21-10-14-6-7-15(23-14)13-5-4-8-17-9-13;7-6-4-2-1-3-5-6;1-3(2,4)5/h4-5,8-9,11-12,14-15H,6-7,10H2,1-3H3,(H,18,20);1-5,7H;4-5H,1-2H3/q+1;;. The number of aliphatic hydroxyl groups is 2. The van der Waals surface area contributed by atoms with Gasteiger partial charge in [0.25, 0.3) is 0 Å². The predicted octanol–water partition coefficient (Wildman–Crippen LogP) is 4.00. The summed E-state index contributed by atoms with van der Waals surface area (Å²) in [6, 6.07) is 11.9. The first kappa shape index (κ1) is 31.6. The van der Waals surface area contributed by atoms with Gasteiger partial charge < -0.3 is 24.8 Å². The summed E-state index contributed by atoms with van der Waals surface area (Å²) in [5, 5.41) is 27.4. The van der Waals surface area contributed by atoms with E-state index in [-0.39, 0.29) is 24.9 Å². The molecule has 0 radical (unpaired) electrons. The zero-order valence-corrected chi connectivity index (χ0v) is 22.3. The molecule has 0 spiro atoms. The number of ether oxygens (including phenoxy) is 2. The lowest BCUT2D eigenvalue weighted by Gasteiger charge is -2.12. The van der Waals surface area contributed by atoms with Crippen molar-refractivity contribution in [3.8, 4) is 5.75 Å². The average molecular weight is 526 g/mol. The molecular weight excluding hydrogens is 487 g/mol. The van der Waals surface area contributed by atoms with Crippen molar-refractivity contribution in [2.75, 3.05) is 6.61 Å². The van der Waals surface area contributed by atoms with E-state index in [1.54, 1.807) is 57.4 Å². The maximum Gasteiger partial charge on any atom is 0.613 e. The van der Waals surface area contributed by atoms with Crippen molar-refractivity contribution in [2.24, 2.45) is 0 Å². The Morgan fingerprint density at radius 1 is 1.17 bits per heavy atom. The van der Waals surface area contributed by atoms with Crippen molar-refractivity contribution in [1.82, 2.24) is 10.1 Å². The summed E-state index contributed by atoms with van der Waals surface area (Å²) in [5.41, 5.74) is 1.03. The summed E-state index contributed by atoms with van der Waals surface area (Å²) in [6.07, 6.45) is 4.89. The van der Waals surface area contributed by atoms with Gasteiger partial charge in [0.05, 0.1) is 18.3 Å². The number of nitrogens with one attached hydrogen (secondary N) is 1. The second-order valence-corrected chi connectivity index (χ2v) is 9.86. The molecule has 0 amide bonds. The molecule has 200 valence electrons. The van der Waals surface area contributed by atoms with Crippen LogP contribution in [0.4, 0.5) is 0 Å². The van der Waals surface area contributed by atoms with Gasteiger partial charge in [-0.2, -0.15) is 0 Å². The van der Waals surface area contributed by atoms with Crippen LogP contribution in [0, 0.1) is 0 Å². The normalized spacial score (nSPS) is 18.3. The number of rotatable bonds is 8. The second-order valence-electron chi connectivity index (χ2n) is 8.83. The highest BCUT2D eigenvalue weighted by Gasteiger charge is 2.32. The molecule has 4 atom stereocenters. The Morgan fingerprint density at radius 3 is 2.31 bits per heavy atom. The van der Waals surface area contributed by atoms with Gasteiger partial charge in [0.2, 0.25) is 0 Å². The topological polar surface area (TPSA) is 147 Å². The Bertz CT molecular complexity index is 888. The van der Waals surface area contributed by atoms with Crippen LogP contribution in [0.3, 0.4) is 0 Å². The number of hydrogen-bond donors (Lipinski definition) is 4. The van der Waals surface area contributed by atoms with Crippen molar-refractivity contribution in [1.29, 1.82) is 0 Å². The first-order chi connectivity index (χ1) is 16.8. The lowest BCUT2D eigenvalue weighted by Crippen LogP contribution is -2.33. The van der Waals surface area contributed by atoms with Crippen LogP contribution in [-0.4, -0.2) is 56.9 Å². The van der Waals surface area contributed by atoms with Crippen molar-refractivity contribution in [3.63, 3.8) is 0 Å². The van der Waals surface area contributed by atoms with E-state index in [2.05, 4.69) is 10.1 Å². The van der Waals surface area contributed by atoms with Crippen LogP contribution in [-0.2, 0) is 23.4 Å². The third kappa shape index (κ3) is 15.5. The number of aromatic hydroxyl groups is 1. The number of para-hydroxylation sites is 1. The average Bonchev–Trinajstić information content (AvgIpc) is 3.27. The highest BCUT2D eigenvalue weighted by atomic mass is 31.1. The van der Waals surface area contributed by atoms with Crippen LogP contribution in [0.5, 0.6) is 5.75 Å². The van der Waals surface area contributed by atoms with Gasteiger partial charge in [0.1, 0.15) is 18.4 Å². The molecule has 0 saturated carbocycles. The predicted molar refractivity (Wildman–Crippen MR) is 135 cm³/mol. The smallest absolute Gasteiger partial charge is 0.508 e. The number of phenolic OH excluding ortho intramolecular Hbond substituents is 1. The van der Waals surface area contributed by atoms with Crippen LogP contribution in [0.15, 0.2) is 54.9 Å². The van der Waals surface area contributed by atoms with E-state index in [0.717, 1.165) is 18.4 Å². The minimum absolute atomic E-state index is 0.00178. The fourth-order valence-electron chi connectivity index (χ4n) is 2.80. The number of aromatic nitrogens is 1. The van der Waals surface area contributed by atoms with Crippen LogP contribution >= 0.6 is 8.18 Å². The molecule has 1 aliphatic heterocycles. The molecule has 1 saturated heterocycles. The molecule has 36 heavy (non-hydrogen) atoms. The van der Waals surface area contributed by atoms with Gasteiger partial charge in [-0.1, -0.05) is 29.4 Å². The quantitative estimate of drug-likeness (QED) is 0.226. The van der Waals surface area contributed by atoms with Crippen molar-refractivity contribution in [3.05, 3.63) is 60.4 Å². The number of carbonyl (C=O) groups is 1. The zero-order chi connectivity index (χ0) is 27.1. The van der Waals surface area contributed by atoms with Gasteiger partial charge in [-0.05, 0) is 75.8 Å². The molecule has 1 fully saturated rings. The molecule has 4 N–H and O–H groups in total. The number of nitrogens with zero attached hydrogens (tertiary/aromatic N) is 1. The van der Waals surface area contributed by atoms with E-state index in [4.69, 9.17) is 29.3 Å². The Labute approximate surface area is 213 Å². The highest BCUT2D eigenvalue weighted by molar-refractivity contribution is 7.36. The molecule has 11 heteroatoms. The SMILES string of the molecule is CC(C)(O)O.CC(C)OC(=O)C(C)N[P+](=O)OCC1CCC(c2cccnc2)O1.Oc1ccccc1. The van der Waals surface area contributed by atoms with Gasteiger partial charge in [-0.3, -0.25) is 9.78 Å². The summed E-state index contributed by atoms with van der Waals surface area (Å²) in [5.74, 6) is -1.63. The molecule has 2 aromatic rings. The Hall–Kier alpha value is -2.46. The van der Waals surface area contributed by atoms with E-state index < -0.39 is 26.0 Å². The van der Waals surface area contributed by atoms with Crippen LogP contribution in [0.2, 0.25) is 0 Å². The number of benzene rings is 1. The molecule has 0 bridgehead atoms. The van der Waals surface area contributed by atoms with Gasteiger partial charge in [0, 0.05) is 12.4 Å².